The average molecular weight is 512 g/mol. The number of rotatable bonds is 9. The average Bonchev–Trinajstić information content (AvgIpc) is 3.23. The summed E-state index contributed by atoms with van der Waals surface area (Å²) in [5.41, 5.74) is 5.73. The van der Waals surface area contributed by atoms with Crippen molar-refractivity contribution in [2.24, 2.45) is 11.7 Å². The first-order chi connectivity index (χ1) is 15.7. The summed E-state index contributed by atoms with van der Waals surface area (Å²) in [6.07, 6.45) is 0.729. The Bertz CT molecular complexity index is 902. The molecule has 0 spiro atoms. The van der Waals surface area contributed by atoms with Crippen LogP contribution in [0.25, 0.3) is 0 Å². The highest BCUT2D eigenvalue weighted by Crippen LogP contribution is 2.52. The molecule has 11 heteroatoms. The van der Waals surface area contributed by atoms with E-state index in [1.54, 1.807) is 4.90 Å². The summed E-state index contributed by atoms with van der Waals surface area (Å²) in [5.74, 6) is -1.69. The number of aliphatic hydroxyl groups is 1. The summed E-state index contributed by atoms with van der Waals surface area (Å²) >= 11 is 1.42. The highest BCUT2D eigenvalue weighted by Gasteiger charge is 2.59. The number of β-lactam (4-membered cyclic amide) rings is 1. The number of carbonyl (C=O) groups is 3. The van der Waals surface area contributed by atoms with Crippen LogP contribution >= 0.6 is 11.8 Å². The summed E-state index contributed by atoms with van der Waals surface area (Å²) in [7, 11) is -2.10. The van der Waals surface area contributed by atoms with Gasteiger partial charge in [0.25, 0.3) is 0 Å². The number of ether oxygens (including phenoxy) is 1. The molecule has 0 saturated carbocycles. The van der Waals surface area contributed by atoms with Crippen LogP contribution in [0, 0.1) is 5.92 Å². The Hall–Kier alpha value is -1.66. The van der Waals surface area contributed by atoms with Crippen molar-refractivity contribution >= 4 is 37.9 Å². The number of thioether (sulfide) groups is 1. The molecule has 0 aliphatic carbocycles. The van der Waals surface area contributed by atoms with Crippen LogP contribution in [-0.4, -0.2) is 84.3 Å². The molecule has 0 aromatic rings. The Morgan fingerprint density at radius 2 is 2.03 bits per heavy atom. The van der Waals surface area contributed by atoms with Crippen molar-refractivity contribution in [3.8, 4) is 0 Å². The van der Waals surface area contributed by atoms with E-state index < -0.39 is 38.3 Å². The SMILES string of the molecule is C=CCOC(=O)C1=C(CN2C[C@@H](O)C[C@@H]2C(N)=O)S[C@@H]2[C@@H]([C@@H](C)O[Si](C)(C)C(C)(C)C)C(=O)N12. The normalized spacial score (nSPS) is 28.6. The molecule has 190 valence electrons. The van der Waals surface area contributed by atoms with Crippen molar-refractivity contribution in [2.45, 2.75) is 75.9 Å². The van der Waals surface area contributed by atoms with Gasteiger partial charge in [0.15, 0.2) is 8.32 Å². The van der Waals surface area contributed by atoms with Gasteiger partial charge in [-0.3, -0.25) is 19.4 Å². The number of β-amino-alcohol motifs (C(OH)–C–C–N with tert-alkyl or cyclic N) is 1. The Labute approximate surface area is 206 Å². The molecule has 0 aromatic heterocycles. The largest absolute Gasteiger partial charge is 0.457 e. The van der Waals surface area contributed by atoms with Crippen molar-refractivity contribution in [3.63, 3.8) is 0 Å². The molecule has 34 heavy (non-hydrogen) atoms. The molecule has 9 nitrogen and oxygen atoms in total. The minimum Gasteiger partial charge on any atom is -0.457 e. The zero-order valence-electron chi connectivity index (χ0n) is 20.9. The minimum atomic E-state index is -2.10. The standard InChI is InChI=1S/C23H37N3O6SSi/c1-8-9-31-22(30)18-16(12-25-11-14(27)10-15(25)19(24)28)33-21-17(20(29)26(18)21)13(2)32-34(6,7)23(3,4)5/h8,13-15,17,21,27H,1,9-12H2,2-7H3,(H2,24,28)/t13-,14+,15-,17+,21-/m1/s1. The first-order valence-electron chi connectivity index (χ1n) is 11.6. The number of esters is 1. The zero-order chi connectivity index (χ0) is 25.6. The van der Waals surface area contributed by atoms with E-state index in [0.717, 1.165) is 0 Å². The Kier molecular flexibility index (Phi) is 7.74. The highest BCUT2D eigenvalue weighted by atomic mass is 32.2. The number of likely N-dealkylation sites (tertiary alicyclic amines) is 1. The maximum absolute atomic E-state index is 13.3. The van der Waals surface area contributed by atoms with Gasteiger partial charge in [-0.2, -0.15) is 0 Å². The number of nitrogens with zero attached hydrogens (tertiary/aromatic N) is 2. The number of fused-ring (bicyclic) bond motifs is 1. The van der Waals surface area contributed by atoms with E-state index in [9.17, 15) is 19.5 Å². The molecule has 2 amide bonds. The van der Waals surface area contributed by atoms with Crippen LogP contribution in [0.2, 0.25) is 18.1 Å². The number of primary amides is 1. The third kappa shape index (κ3) is 4.99. The highest BCUT2D eigenvalue weighted by molar-refractivity contribution is 8.04. The number of amides is 2. The topological polar surface area (TPSA) is 122 Å². The van der Waals surface area contributed by atoms with Gasteiger partial charge in [-0.15, -0.1) is 11.8 Å². The van der Waals surface area contributed by atoms with Crippen LogP contribution in [0.3, 0.4) is 0 Å². The fourth-order valence-electron chi connectivity index (χ4n) is 4.40. The molecule has 3 aliphatic rings. The summed E-state index contributed by atoms with van der Waals surface area (Å²) < 4.78 is 11.8. The first-order valence-corrected chi connectivity index (χ1v) is 15.4. The number of hydrogen-bond donors (Lipinski definition) is 2. The molecule has 0 aromatic carbocycles. The van der Waals surface area contributed by atoms with Gasteiger partial charge in [-0.05, 0) is 31.5 Å². The predicted octanol–water partition coefficient (Wildman–Crippen LogP) is 1.79. The van der Waals surface area contributed by atoms with E-state index in [4.69, 9.17) is 14.9 Å². The number of hydrogen-bond acceptors (Lipinski definition) is 8. The zero-order valence-corrected chi connectivity index (χ0v) is 22.7. The third-order valence-electron chi connectivity index (χ3n) is 7.23. The number of aliphatic hydroxyl groups excluding tert-OH is 1. The second-order valence-corrected chi connectivity index (χ2v) is 16.7. The van der Waals surface area contributed by atoms with Crippen LogP contribution in [-0.2, 0) is 23.5 Å². The van der Waals surface area contributed by atoms with Crippen molar-refractivity contribution in [2.75, 3.05) is 19.7 Å². The van der Waals surface area contributed by atoms with Crippen LogP contribution < -0.4 is 5.73 Å². The summed E-state index contributed by atoms with van der Waals surface area (Å²) in [5, 5.41) is 9.79. The van der Waals surface area contributed by atoms with Gasteiger partial charge in [-0.25, -0.2) is 4.79 Å². The van der Waals surface area contributed by atoms with E-state index in [1.165, 1.54) is 22.7 Å². The van der Waals surface area contributed by atoms with Gasteiger partial charge in [0.2, 0.25) is 11.8 Å². The van der Waals surface area contributed by atoms with E-state index in [2.05, 4.69) is 40.4 Å². The lowest BCUT2D eigenvalue weighted by Gasteiger charge is -2.48. The number of carbonyl (C=O) groups excluding carboxylic acids is 3. The Balaban J connectivity index is 1.84. The smallest absolute Gasteiger partial charge is 0.356 e. The van der Waals surface area contributed by atoms with Gasteiger partial charge in [0.05, 0.1) is 24.2 Å². The molecule has 2 fully saturated rings. The van der Waals surface area contributed by atoms with Crippen LogP contribution in [0.4, 0.5) is 0 Å². The number of nitrogens with two attached hydrogens (primary N) is 1. The lowest BCUT2D eigenvalue weighted by Crippen LogP contribution is -2.62. The van der Waals surface area contributed by atoms with E-state index >= 15 is 0 Å². The summed E-state index contributed by atoms with van der Waals surface area (Å²) in [6.45, 7) is 16.8. The second kappa shape index (κ2) is 9.77. The second-order valence-electron chi connectivity index (χ2n) is 10.7. The quantitative estimate of drug-likeness (QED) is 0.208. The molecular formula is C23H37N3O6SSi. The third-order valence-corrected chi connectivity index (χ3v) is 13.2. The van der Waals surface area contributed by atoms with Gasteiger partial charge in [0.1, 0.15) is 17.7 Å². The van der Waals surface area contributed by atoms with Crippen molar-refractivity contribution < 1.29 is 28.7 Å². The molecule has 0 radical (unpaired) electrons. The van der Waals surface area contributed by atoms with E-state index in [0.29, 0.717) is 4.91 Å². The fourth-order valence-corrected chi connectivity index (χ4v) is 7.45. The first kappa shape index (κ1) is 26.9. The van der Waals surface area contributed by atoms with Crippen LogP contribution in [0.5, 0.6) is 0 Å². The van der Waals surface area contributed by atoms with E-state index in [1.807, 2.05) is 6.92 Å². The molecule has 3 aliphatic heterocycles. The van der Waals surface area contributed by atoms with Crippen molar-refractivity contribution in [1.29, 1.82) is 0 Å². The summed E-state index contributed by atoms with van der Waals surface area (Å²) in [6, 6.07) is -0.630. The minimum absolute atomic E-state index is 0.0000124. The van der Waals surface area contributed by atoms with Gasteiger partial charge in [-0.1, -0.05) is 33.4 Å². The van der Waals surface area contributed by atoms with Gasteiger partial charge >= 0.3 is 5.97 Å². The molecule has 0 bridgehead atoms. The monoisotopic (exact) mass is 511 g/mol. The molecule has 5 atom stereocenters. The lowest BCUT2D eigenvalue weighted by atomic mass is 9.92. The van der Waals surface area contributed by atoms with Crippen LogP contribution in [0.15, 0.2) is 23.3 Å². The summed E-state index contributed by atoms with van der Waals surface area (Å²) in [4.78, 5) is 42.0. The molecule has 3 rings (SSSR count). The Morgan fingerprint density at radius 3 is 2.59 bits per heavy atom. The predicted molar refractivity (Wildman–Crippen MR) is 133 cm³/mol. The maximum Gasteiger partial charge on any atom is 0.356 e. The molecule has 3 N–H and O–H groups in total. The van der Waals surface area contributed by atoms with Crippen LogP contribution in [0.1, 0.15) is 34.1 Å². The molecule has 0 unspecified atom stereocenters. The van der Waals surface area contributed by atoms with Gasteiger partial charge < -0.3 is 20.0 Å². The lowest BCUT2D eigenvalue weighted by molar-refractivity contribution is -0.157. The maximum atomic E-state index is 13.3. The fraction of sp³-hybridized carbons (Fsp3) is 0.696. The van der Waals surface area contributed by atoms with Crippen molar-refractivity contribution in [3.05, 3.63) is 23.3 Å². The molecular weight excluding hydrogens is 474 g/mol. The van der Waals surface area contributed by atoms with Gasteiger partial charge in [0, 0.05) is 18.0 Å². The molecule has 2 saturated heterocycles. The Morgan fingerprint density at radius 1 is 1.38 bits per heavy atom. The molecule has 3 heterocycles. The van der Waals surface area contributed by atoms with Crippen molar-refractivity contribution in [1.82, 2.24) is 9.80 Å². The van der Waals surface area contributed by atoms with E-state index in [-0.39, 0.29) is 54.2 Å².